The van der Waals surface area contributed by atoms with Gasteiger partial charge in [-0.25, -0.2) is 0 Å². The van der Waals surface area contributed by atoms with Crippen LogP contribution in [0.3, 0.4) is 0 Å². The van der Waals surface area contributed by atoms with E-state index in [1.165, 1.54) is 12.8 Å². The van der Waals surface area contributed by atoms with Crippen LogP contribution in [0.25, 0.3) is 0 Å². The SMILES string of the molecule is C[C@@H]1CCC(=O)N1[C@@H]1CCCNC1. The van der Waals surface area contributed by atoms with Crippen LogP contribution in [0.4, 0.5) is 0 Å². The van der Waals surface area contributed by atoms with E-state index in [-0.39, 0.29) is 0 Å². The molecule has 0 aliphatic carbocycles. The van der Waals surface area contributed by atoms with E-state index in [1.807, 2.05) is 0 Å². The van der Waals surface area contributed by atoms with Gasteiger partial charge in [-0.2, -0.15) is 0 Å². The maximum atomic E-state index is 11.6. The van der Waals surface area contributed by atoms with Crippen LogP contribution in [-0.4, -0.2) is 36.0 Å². The topological polar surface area (TPSA) is 32.3 Å². The number of carbonyl (C=O) groups is 1. The quantitative estimate of drug-likeness (QED) is 0.649. The van der Waals surface area contributed by atoms with Gasteiger partial charge in [0.25, 0.3) is 0 Å². The lowest BCUT2D eigenvalue weighted by Gasteiger charge is -2.34. The molecule has 0 radical (unpaired) electrons. The molecule has 0 aromatic rings. The number of likely N-dealkylation sites (tertiary alicyclic amines) is 1. The van der Waals surface area contributed by atoms with Crippen molar-refractivity contribution in [2.75, 3.05) is 13.1 Å². The summed E-state index contributed by atoms with van der Waals surface area (Å²) in [5.74, 6) is 0.362. The van der Waals surface area contributed by atoms with E-state index in [4.69, 9.17) is 0 Å². The van der Waals surface area contributed by atoms with Gasteiger partial charge in [0.2, 0.25) is 5.91 Å². The number of piperidine rings is 1. The molecule has 0 unspecified atom stereocenters. The van der Waals surface area contributed by atoms with Crippen LogP contribution < -0.4 is 5.32 Å². The number of amides is 1. The predicted molar refractivity (Wildman–Crippen MR) is 51.4 cm³/mol. The number of nitrogens with one attached hydrogen (secondary N) is 1. The second-order valence-electron chi connectivity index (χ2n) is 4.19. The summed E-state index contributed by atoms with van der Waals surface area (Å²) in [4.78, 5) is 13.7. The van der Waals surface area contributed by atoms with Crippen molar-refractivity contribution < 1.29 is 4.79 Å². The third-order valence-electron chi connectivity index (χ3n) is 3.20. The molecule has 1 amide bonds. The van der Waals surface area contributed by atoms with E-state index < -0.39 is 0 Å². The summed E-state index contributed by atoms with van der Waals surface area (Å²) in [6.45, 7) is 4.28. The molecule has 2 atom stereocenters. The van der Waals surface area contributed by atoms with Crippen molar-refractivity contribution in [1.29, 1.82) is 0 Å². The summed E-state index contributed by atoms with van der Waals surface area (Å²) in [6.07, 6.45) is 4.21. The van der Waals surface area contributed by atoms with Crippen LogP contribution in [0.15, 0.2) is 0 Å². The number of carbonyl (C=O) groups excluding carboxylic acids is 1. The first-order valence-corrected chi connectivity index (χ1v) is 5.31. The van der Waals surface area contributed by atoms with Crippen LogP contribution in [0, 0.1) is 0 Å². The summed E-state index contributed by atoms with van der Waals surface area (Å²) >= 11 is 0. The van der Waals surface area contributed by atoms with Gasteiger partial charge in [0.15, 0.2) is 0 Å². The van der Waals surface area contributed by atoms with Gasteiger partial charge in [0.1, 0.15) is 0 Å². The molecule has 2 fully saturated rings. The highest BCUT2D eigenvalue weighted by Crippen LogP contribution is 2.23. The Bertz CT molecular complexity index is 199. The lowest BCUT2D eigenvalue weighted by atomic mass is 10.1. The molecule has 3 nitrogen and oxygen atoms in total. The van der Waals surface area contributed by atoms with Crippen molar-refractivity contribution in [3.63, 3.8) is 0 Å². The second kappa shape index (κ2) is 3.66. The second-order valence-corrected chi connectivity index (χ2v) is 4.19. The Balaban J connectivity index is 2.00. The fourth-order valence-corrected chi connectivity index (χ4v) is 2.48. The molecule has 13 heavy (non-hydrogen) atoms. The first kappa shape index (κ1) is 9.00. The molecule has 2 saturated heterocycles. The molecule has 1 N–H and O–H groups in total. The number of hydrogen-bond acceptors (Lipinski definition) is 2. The molecule has 0 aromatic carbocycles. The average Bonchev–Trinajstić information content (AvgIpc) is 2.48. The summed E-state index contributed by atoms with van der Waals surface area (Å²) in [7, 11) is 0. The zero-order valence-electron chi connectivity index (χ0n) is 8.25. The monoisotopic (exact) mass is 182 g/mol. The molecule has 2 heterocycles. The Hall–Kier alpha value is -0.570. The minimum absolute atomic E-state index is 0.362. The minimum Gasteiger partial charge on any atom is -0.336 e. The molecule has 2 aliphatic rings. The highest BCUT2D eigenvalue weighted by atomic mass is 16.2. The van der Waals surface area contributed by atoms with Crippen molar-refractivity contribution in [2.24, 2.45) is 0 Å². The van der Waals surface area contributed by atoms with Crippen molar-refractivity contribution in [1.82, 2.24) is 10.2 Å². The van der Waals surface area contributed by atoms with Gasteiger partial charge in [-0.1, -0.05) is 0 Å². The lowest BCUT2D eigenvalue weighted by Crippen LogP contribution is -2.49. The van der Waals surface area contributed by atoms with Gasteiger partial charge in [0, 0.05) is 25.0 Å². The Kier molecular flexibility index (Phi) is 2.54. The van der Waals surface area contributed by atoms with E-state index in [1.54, 1.807) is 0 Å². The molecular weight excluding hydrogens is 164 g/mol. The van der Waals surface area contributed by atoms with Crippen molar-refractivity contribution in [2.45, 2.75) is 44.7 Å². The van der Waals surface area contributed by atoms with E-state index in [0.717, 1.165) is 25.9 Å². The number of rotatable bonds is 1. The Morgan fingerprint density at radius 1 is 1.46 bits per heavy atom. The maximum absolute atomic E-state index is 11.6. The minimum atomic E-state index is 0.362. The van der Waals surface area contributed by atoms with Crippen molar-refractivity contribution >= 4 is 5.91 Å². The van der Waals surface area contributed by atoms with Gasteiger partial charge < -0.3 is 10.2 Å². The van der Waals surface area contributed by atoms with Gasteiger partial charge >= 0.3 is 0 Å². The molecular formula is C10H18N2O. The van der Waals surface area contributed by atoms with Crippen LogP contribution in [0.5, 0.6) is 0 Å². The molecule has 3 heteroatoms. The van der Waals surface area contributed by atoms with E-state index >= 15 is 0 Å². The first-order valence-electron chi connectivity index (χ1n) is 5.31. The largest absolute Gasteiger partial charge is 0.336 e. The normalized spacial score (nSPS) is 35.5. The zero-order valence-corrected chi connectivity index (χ0v) is 8.25. The van der Waals surface area contributed by atoms with E-state index in [0.29, 0.717) is 18.0 Å². The van der Waals surface area contributed by atoms with Gasteiger partial charge in [-0.05, 0) is 32.7 Å². The van der Waals surface area contributed by atoms with Crippen LogP contribution in [-0.2, 0) is 4.79 Å². The first-order chi connectivity index (χ1) is 6.29. The molecule has 0 bridgehead atoms. The molecule has 74 valence electrons. The summed E-state index contributed by atoms with van der Waals surface area (Å²) in [5.41, 5.74) is 0. The molecule has 0 aromatic heterocycles. The molecule has 2 aliphatic heterocycles. The van der Waals surface area contributed by atoms with Crippen molar-refractivity contribution in [3.05, 3.63) is 0 Å². The van der Waals surface area contributed by atoms with Gasteiger partial charge in [0.05, 0.1) is 0 Å². The lowest BCUT2D eigenvalue weighted by molar-refractivity contribution is -0.131. The van der Waals surface area contributed by atoms with E-state index in [2.05, 4.69) is 17.1 Å². The highest BCUT2D eigenvalue weighted by Gasteiger charge is 2.33. The number of nitrogens with zero attached hydrogens (tertiary/aromatic N) is 1. The van der Waals surface area contributed by atoms with Gasteiger partial charge in [-0.3, -0.25) is 4.79 Å². The Morgan fingerprint density at radius 3 is 2.85 bits per heavy atom. The third kappa shape index (κ3) is 1.70. The Morgan fingerprint density at radius 2 is 2.31 bits per heavy atom. The van der Waals surface area contributed by atoms with Crippen LogP contribution in [0.2, 0.25) is 0 Å². The maximum Gasteiger partial charge on any atom is 0.223 e. The fraction of sp³-hybridized carbons (Fsp3) is 0.900. The van der Waals surface area contributed by atoms with Crippen molar-refractivity contribution in [3.8, 4) is 0 Å². The summed E-state index contributed by atoms with van der Waals surface area (Å²) < 4.78 is 0. The zero-order chi connectivity index (χ0) is 9.26. The molecule has 0 spiro atoms. The number of hydrogen-bond donors (Lipinski definition) is 1. The standard InChI is InChI=1S/C10H18N2O/c1-8-4-5-10(13)12(8)9-3-2-6-11-7-9/h8-9,11H,2-7H2,1H3/t8-,9-/m1/s1. The van der Waals surface area contributed by atoms with Gasteiger partial charge in [-0.15, -0.1) is 0 Å². The Labute approximate surface area is 79.5 Å². The smallest absolute Gasteiger partial charge is 0.223 e. The molecule has 0 saturated carbocycles. The molecule has 2 rings (SSSR count). The fourth-order valence-electron chi connectivity index (χ4n) is 2.48. The highest BCUT2D eigenvalue weighted by molar-refractivity contribution is 5.79. The summed E-state index contributed by atoms with van der Waals surface area (Å²) in [5, 5.41) is 3.36. The predicted octanol–water partition coefficient (Wildman–Crippen LogP) is 0.749. The van der Waals surface area contributed by atoms with Crippen LogP contribution in [0.1, 0.15) is 32.6 Å². The van der Waals surface area contributed by atoms with E-state index in [9.17, 15) is 4.79 Å². The van der Waals surface area contributed by atoms with Crippen LogP contribution >= 0.6 is 0 Å². The third-order valence-corrected chi connectivity index (χ3v) is 3.20. The summed E-state index contributed by atoms with van der Waals surface area (Å²) in [6, 6.07) is 0.941. The average molecular weight is 182 g/mol.